The third-order valence-corrected chi connectivity index (χ3v) is 3.04. The zero-order chi connectivity index (χ0) is 13.7. The summed E-state index contributed by atoms with van der Waals surface area (Å²) in [6.45, 7) is 5.14. The van der Waals surface area contributed by atoms with Crippen molar-refractivity contribution in [2.24, 2.45) is 0 Å². The molecule has 1 aromatic rings. The highest BCUT2D eigenvalue weighted by Gasteiger charge is 2.12. The molecular formula is C13H18ClNO3. The number of carboxylic acids is 1. The Morgan fingerprint density at radius 3 is 2.61 bits per heavy atom. The number of aliphatic carboxylic acids is 1. The van der Waals surface area contributed by atoms with Gasteiger partial charge in [0.2, 0.25) is 0 Å². The number of carbonyl (C=O) groups is 1. The number of rotatable bonds is 6. The van der Waals surface area contributed by atoms with Crippen molar-refractivity contribution in [1.29, 1.82) is 0 Å². The average molecular weight is 272 g/mol. The van der Waals surface area contributed by atoms with Crippen molar-refractivity contribution < 1.29 is 15.0 Å². The molecule has 0 heterocycles. The molecule has 0 aliphatic carbocycles. The van der Waals surface area contributed by atoms with Crippen LogP contribution in [0.3, 0.4) is 0 Å². The summed E-state index contributed by atoms with van der Waals surface area (Å²) in [6, 6.07) is 5.29. The summed E-state index contributed by atoms with van der Waals surface area (Å²) in [5.41, 5.74) is 0.955. The minimum atomic E-state index is -0.801. The van der Waals surface area contributed by atoms with Crippen molar-refractivity contribution in [3.05, 3.63) is 28.8 Å². The van der Waals surface area contributed by atoms with Crippen LogP contribution in [0.4, 0.5) is 0 Å². The van der Waals surface area contributed by atoms with E-state index in [4.69, 9.17) is 16.7 Å². The van der Waals surface area contributed by atoms with E-state index in [2.05, 4.69) is 4.90 Å². The third kappa shape index (κ3) is 4.55. The molecule has 0 fully saturated rings. The second-order valence-corrected chi connectivity index (χ2v) is 4.90. The summed E-state index contributed by atoms with van der Waals surface area (Å²) in [7, 11) is 0. The van der Waals surface area contributed by atoms with Crippen LogP contribution in [0, 0.1) is 0 Å². The van der Waals surface area contributed by atoms with Crippen molar-refractivity contribution >= 4 is 17.6 Å². The van der Waals surface area contributed by atoms with Gasteiger partial charge in [-0.3, -0.25) is 9.69 Å². The molecule has 18 heavy (non-hydrogen) atoms. The van der Waals surface area contributed by atoms with Crippen molar-refractivity contribution in [2.45, 2.75) is 32.9 Å². The Kier molecular flexibility index (Phi) is 5.44. The highest BCUT2D eigenvalue weighted by molar-refractivity contribution is 6.32. The molecule has 0 amide bonds. The maximum absolute atomic E-state index is 10.6. The summed E-state index contributed by atoms with van der Waals surface area (Å²) >= 11 is 5.84. The van der Waals surface area contributed by atoms with Crippen LogP contribution in [-0.2, 0) is 11.3 Å². The van der Waals surface area contributed by atoms with Gasteiger partial charge in [-0.25, -0.2) is 0 Å². The van der Waals surface area contributed by atoms with Gasteiger partial charge in [-0.05, 0) is 31.5 Å². The summed E-state index contributed by atoms with van der Waals surface area (Å²) in [5.74, 6) is -0.744. The van der Waals surface area contributed by atoms with E-state index in [1.807, 2.05) is 13.8 Å². The number of carboxylic acid groups (broad SMARTS) is 1. The van der Waals surface area contributed by atoms with E-state index in [1.54, 1.807) is 18.2 Å². The van der Waals surface area contributed by atoms with Gasteiger partial charge in [-0.2, -0.15) is 0 Å². The van der Waals surface area contributed by atoms with E-state index in [0.29, 0.717) is 18.1 Å². The lowest BCUT2D eigenvalue weighted by Crippen LogP contribution is -2.32. The minimum Gasteiger partial charge on any atom is -0.506 e. The molecule has 1 rings (SSSR count). The molecule has 0 aliphatic rings. The lowest BCUT2D eigenvalue weighted by molar-refractivity contribution is -0.137. The molecule has 2 N–H and O–H groups in total. The Morgan fingerprint density at radius 1 is 1.44 bits per heavy atom. The molecule has 0 saturated heterocycles. The van der Waals surface area contributed by atoms with E-state index < -0.39 is 5.97 Å². The number of phenolic OH excluding ortho intramolecular Hbond substituents is 1. The van der Waals surface area contributed by atoms with Crippen molar-refractivity contribution in [3.8, 4) is 5.75 Å². The summed E-state index contributed by atoms with van der Waals surface area (Å²) in [5, 5.41) is 18.4. The SMILES string of the molecule is CC(C)N(CCC(=O)O)Cc1ccc(O)c(Cl)c1. The predicted octanol–water partition coefficient (Wildman–Crippen LogP) is 2.73. The second-order valence-electron chi connectivity index (χ2n) is 4.49. The molecule has 0 bridgehead atoms. The molecule has 0 aromatic heterocycles. The number of hydrogen-bond acceptors (Lipinski definition) is 3. The Hall–Kier alpha value is -1.26. The van der Waals surface area contributed by atoms with Gasteiger partial charge in [0.15, 0.2) is 0 Å². The van der Waals surface area contributed by atoms with E-state index >= 15 is 0 Å². The van der Waals surface area contributed by atoms with E-state index in [0.717, 1.165) is 5.56 Å². The van der Waals surface area contributed by atoms with E-state index in [9.17, 15) is 9.90 Å². The van der Waals surface area contributed by atoms with Crippen LogP contribution < -0.4 is 0 Å². The molecule has 0 unspecified atom stereocenters. The third-order valence-electron chi connectivity index (χ3n) is 2.74. The molecule has 100 valence electrons. The summed E-state index contributed by atoms with van der Waals surface area (Å²) in [4.78, 5) is 12.6. The second kappa shape index (κ2) is 6.61. The Bertz CT molecular complexity index is 421. The first kappa shape index (κ1) is 14.8. The topological polar surface area (TPSA) is 60.8 Å². The van der Waals surface area contributed by atoms with Gasteiger partial charge in [-0.15, -0.1) is 0 Å². The molecule has 0 aliphatic heterocycles. The fraction of sp³-hybridized carbons (Fsp3) is 0.462. The minimum absolute atomic E-state index is 0.0575. The molecule has 0 saturated carbocycles. The molecule has 4 nitrogen and oxygen atoms in total. The highest BCUT2D eigenvalue weighted by Crippen LogP contribution is 2.24. The van der Waals surface area contributed by atoms with Crippen LogP contribution in [0.25, 0.3) is 0 Å². The molecule has 0 radical (unpaired) electrons. The number of phenols is 1. The van der Waals surface area contributed by atoms with Gasteiger partial charge in [0.1, 0.15) is 5.75 Å². The molecule has 5 heteroatoms. The first-order valence-corrected chi connectivity index (χ1v) is 6.21. The first-order chi connectivity index (χ1) is 8.40. The first-order valence-electron chi connectivity index (χ1n) is 5.83. The monoisotopic (exact) mass is 271 g/mol. The number of hydrogen-bond donors (Lipinski definition) is 2. The number of halogens is 1. The molecule has 0 spiro atoms. The van der Waals surface area contributed by atoms with Crippen LogP contribution in [-0.4, -0.2) is 33.7 Å². The molecular weight excluding hydrogens is 254 g/mol. The number of nitrogens with zero attached hydrogens (tertiary/aromatic N) is 1. The lowest BCUT2D eigenvalue weighted by atomic mass is 10.1. The van der Waals surface area contributed by atoms with Crippen LogP contribution in [0.5, 0.6) is 5.75 Å². The lowest BCUT2D eigenvalue weighted by Gasteiger charge is -2.26. The fourth-order valence-electron chi connectivity index (χ4n) is 1.64. The zero-order valence-electron chi connectivity index (χ0n) is 10.6. The van der Waals surface area contributed by atoms with Crippen molar-refractivity contribution in [3.63, 3.8) is 0 Å². The number of benzene rings is 1. The largest absolute Gasteiger partial charge is 0.506 e. The van der Waals surface area contributed by atoms with Gasteiger partial charge in [0.25, 0.3) is 0 Å². The van der Waals surface area contributed by atoms with Crippen LogP contribution >= 0.6 is 11.6 Å². The highest BCUT2D eigenvalue weighted by atomic mass is 35.5. The number of aromatic hydroxyl groups is 1. The Labute approximate surface area is 112 Å². The van der Waals surface area contributed by atoms with Gasteiger partial charge in [0, 0.05) is 19.1 Å². The quantitative estimate of drug-likeness (QED) is 0.835. The smallest absolute Gasteiger partial charge is 0.304 e. The molecule has 0 atom stereocenters. The van der Waals surface area contributed by atoms with Gasteiger partial charge >= 0.3 is 5.97 Å². The van der Waals surface area contributed by atoms with E-state index in [-0.39, 0.29) is 18.2 Å². The van der Waals surface area contributed by atoms with Crippen molar-refractivity contribution in [1.82, 2.24) is 4.90 Å². The molecule has 1 aromatic carbocycles. The van der Waals surface area contributed by atoms with Crippen LogP contribution in [0.2, 0.25) is 5.02 Å². The maximum Gasteiger partial charge on any atom is 0.304 e. The van der Waals surface area contributed by atoms with Gasteiger partial charge in [0.05, 0.1) is 11.4 Å². The Balaban J connectivity index is 2.70. The van der Waals surface area contributed by atoms with E-state index in [1.165, 1.54) is 0 Å². The Morgan fingerprint density at radius 2 is 2.11 bits per heavy atom. The van der Waals surface area contributed by atoms with Gasteiger partial charge in [-0.1, -0.05) is 17.7 Å². The predicted molar refractivity (Wildman–Crippen MR) is 70.9 cm³/mol. The van der Waals surface area contributed by atoms with Crippen LogP contribution in [0.1, 0.15) is 25.8 Å². The normalized spacial score (nSPS) is 11.2. The maximum atomic E-state index is 10.6. The summed E-state index contributed by atoms with van der Waals surface area (Å²) in [6.07, 6.45) is 0.115. The average Bonchev–Trinajstić information content (AvgIpc) is 2.28. The van der Waals surface area contributed by atoms with Crippen LogP contribution in [0.15, 0.2) is 18.2 Å². The fourth-order valence-corrected chi connectivity index (χ4v) is 1.85. The zero-order valence-corrected chi connectivity index (χ0v) is 11.3. The standard InChI is InChI=1S/C13H18ClNO3/c1-9(2)15(6-5-13(17)18)8-10-3-4-12(16)11(14)7-10/h3-4,7,9,16H,5-6,8H2,1-2H3,(H,17,18). The summed E-state index contributed by atoms with van der Waals surface area (Å²) < 4.78 is 0. The van der Waals surface area contributed by atoms with Gasteiger partial charge < -0.3 is 10.2 Å². The van der Waals surface area contributed by atoms with Crippen molar-refractivity contribution in [2.75, 3.05) is 6.54 Å².